The van der Waals surface area contributed by atoms with Gasteiger partial charge in [-0.05, 0) is 32.0 Å². The summed E-state index contributed by atoms with van der Waals surface area (Å²) in [5, 5.41) is 3.08. The van der Waals surface area contributed by atoms with Crippen LogP contribution in [-0.4, -0.2) is 37.0 Å². The predicted molar refractivity (Wildman–Crippen MR) is 77.7 cm³/mol. The lowest BCUT2D eigenvalue weighted by atomic mass is 10.1. The van der Waals surface area contributed by atoms with Crippen LogP contribution in [0.1, 0.15) is 37.3 Å². The van der Waals surface area contributed by atoms with E-state index in [1.807, 2.05) is 24.3 Å². The summed E-state index contributed by atoms with van der Waals surface area (Å²) < 4.78 is 5.58. The van der Waals surface area contributed by atoms with E-state index >= 15 is 0 Å². The molecule has 2 aliphatic heterocycles. The molecule has 4 heteroatoms. The average molecular weight is 274 g/mol. The van der Waals surface area contributed by atoms with Crippen molar-refractivity contribution >= 4 is 5.91 Å². The van der Waals surface area contributed by atoms with E-state index in [1.54, 1.807) is 0 Å². The van der Waals surface area contributed by atoms with Crippen molar-refractivity contribution in [2.45, 2.75) is 31.7 Å². The van der Waals surface area contributed by atoms with Crippen LogP contribution in [0.2, 0.25) is 0 Å². The molecule has 2 aliphatic rings. The van der Waals surface area contributed by atoms with Gasteiger partial charge in [0.15, 0.2) is 0 Å². The van der Waals surface area contributed by atoms with Crippen LogP contribution in [0.3, 0.4) is 0 Å². The van der Waals surface area contributed by atoms with E-state index in [0.717, 1.165) is 30.9 Å². The van der Waals surface area contributed by atoms with Gasteiger partial charge in [0.1, 0.15) is 12.4 Å². The zero-order chi connectivity index (χ0) is 13.8. The molecule has 1 saturated heterocycles. The molecule has 108 valence electrons. The molecular weight excluding hydrogens is 252 g/mol. The lowest BCUT2D eigenvalue weighted by Crippen LogP contribution is -2.35. The highest BCUT2D eigenvalue weighted by atomic mass is 16.5. The largest absolute Gasteiger partial charge is 0.491 e. The smallest absolute Gasteiger partial charge is 0.221 e. The summed E-state index contributed by atoms with van der Waals surface area (Å²) in [6.07, 6.45) is 4.45. The van der Waals surface area contributed by atoms with Gasteiger partial charge in [-0.3, -0.25) is 4.79 Å². The minimum atomic E-state index is 0.0139. The maximum Gasteiger partial charge on any atom is 0.221 e. The van der Waals surface area contributed by atoms with E-state index in [-0.39, 0.29) is 11.9 Å². The highest BCUT2D eigenvalue weighted by Gasteiger charge is 2.25. The minimum absolute atomic E-state index is 0.0139. The number of likely N-dealkylation sites (tertiary alicyclic amines) is 1. The number of benzene rings is 1. The number of amides is 1. The van der Waals surface area contributed by atoms with Crippen molar-refractivity contribution < 1.29 is 9.53 Å². The SMILES string of the molecule is O=C(CCN1CCCCC1)NC1COc2ccccc21. The van der Waals surface area contributed by atoms with E-state index in [0.29, 0.717) is 13.0 Å². The molecule has 0 saturated carbocycles. The van der Waals surface area contributed by atoms with Gasteiger partial charge in [-0.15, -0.1) is 0 Å². The second kappa shape index (κ2) is 6.27. The summed E-state index contributed by atoms with van der Waals surface area (Å²) in [7, 11) is 0. The topological polar surface area (TPSA) is 41.6 Å². The van der Waals surface area contributed by atoms with Gasteiger partial charge in [0, 0.05) is 18.5 Å². The van der Waals surface area contributed by atoms with Gasteiger partial charge in [-0.25, -0.2) is 0 Å². The normalized spacial score (nSPS) is 22.1. The molecule has 1 aromatic carbocycles. The third-order valence-corrected chi connectivity index (χ3v) is 4.14. The molecule has 0 spiro atoms. The Morgan fingerprint density at radius 3 is 2.90 bits per heavy atom. The molecule has 20 heavy (non-hydrogen) atoms. The van der Waals surface area contributed by atoms with Gasteiger partial charge in [0.05, 0.1) is 6.04 Å². The highest BCUT2D eigenvalue weighted by Crippen LogP contribution is 2.31. The molecule has 0 bridgehead atoms. The van der Waals surface area contributed by atoms with Crippen molar-refractivity contribution in [1.29, 1.82) is 0 Å². The third kappa shape index (κ3) is 3.12. The van der Waals surface area contributed by atoms with Crippen LogP contribution in [0.4, 0.5) is 0 Å². The molecule has 1 N–H and O–H groups in total. The van der Waals surface area contributed by atoms with Gasteiger partial charge < -0.3 is 15.0 Å². The molecule has 0 aliphatic carbocycles. The first-order valence-corrected chi connectivity index (χ1v) is 7.56. The molecule has 3 rings (SSSR count). The van der Waals surface area contributed by atoms with Crippen LogP contribution in [0.5, 0.6) is 5.75 Å². The Hall–Kier alpha value is -1.55. The first kappa shape index (κ1) is 13.4. The van der Waals surface area contributed by atoms with Gasteiger partial charge in [-0.1, -0.05) is 24.6 Å². The van der Waals surface area contributed by atoms with Crippen LogP contribution >= 0.6 is 0 Å². The number of hydrogen-bond donors (Lipinski definition) is 1. The van der Waals surface area contributed by atoms with Gasteiger partial charge >= 0.3 is 0 Å². The van der Waals surface area contributed by atoms with Gasteiger partial charge in [-0.2, -0.15) is 0 Å². The second-order valence-corrected chi connectivity index (χ2v) is 5.62. The van der Waals surface area contributed by atoms with Crippen molar-refractivity contribution in [3.63, 3.8) is 0 Å². The summed E-state index contributed by atoms with van der Waals surface area (Å²) in [5.74, 6) is 1.02. The maximum absolute atomic E-state index is 12.1. The standard InChI is InChI=1S/C16H22N2O2/c19-16(8-11-18-9-4-1-5-10-18)17-14-12-20-15-7-3-2-6-13(14)15/h2-3,6-7,14H,1,4-5,8-12H2,(H,17,19). The van der Waals surface area contributed by atoms with Crippen molar-refractivity contribution in [3.8, 4) is 5.75 Å². The quantitative estimate of drug-likeness (QED) is 0.914. The summed E-state index contributed by atoms with van der Waals surface area (Å²) in [6.45, 7) is 3.71. The van der Waals surface area contributed by atoms with Crippen LogP contribution in [0.25, 0.3) is 0 Å². The number of nitrogens with one attached hydrogen (secondary N) is 1. The lowest BCUT2D eigenvalue weighted by molar-refractivity contribution is -0.122. The number of fused-ring (bicyclic) bond motifs is 1. The van der Waals surface area contributed by atoms with Gasteiger partial charge in [0.2, 0.25) is 5.91 Å². The first-order chi connectivity index (χ1) is 9.83. The average Bonchev–Trinajstić information content (AvgIpc) is 2.90. The Kier molecular flexibility index (Phi) is 4.21. The summed E-state index contributed by atoms with van der Waals surface area (Å²) in [4.78, 5) is 14.4. The summed E-state index contributed by atoms with van der Waals surface area (Å²) in [6, 6.07) is 7.94. The first-order valence-electron chi connectivity index (χ1n) is 7.56. The van der Waals surface area contributed by atoms with Crippen molar-refractivity contribution in [1.82, 2.24) is 10.2 Å². The fourth-order valence-electron chi connectivity index (χ4n) is 2.99. The number of ether oxygens (including phenoxy) is 1. The molecule has 1 aromatic rings. The fraction of sp³-hybridized carbons (Fsp3) is 0.562. The van der Waals surface area contributed by atoms with E-state index in [9.17, 15) is 4.79 Å². The van der Waals surface area contributed by atoms with Crippen molar-refractivity contribution in [3.05, 3.63) is 29.8 Å². The predicted octanol–water partition coefficient (Wildman–Crippen LogP) is 2.11. The molecule has 1 unspecified atom stereocenters. The number of rotatable bonds is 4. The third-order valence-electron chi connectivity index (χ3n) is 4.14. The van der Waals surface area contributed by atoms with E-state index < -0.39 is 0 Å². The fourth-order valence-corrected chi connectivity index (χ4v) is 2.99. The van der Waals surface area contributed by atoms with Crippen LogP contribution in [0, 0.1) is 0 Å². The summed E-state index contributed by atoms with van der Waals surface area (Å²) >= 11 is 0. The zero-order valence-electron chi connectivity index (χ0n) is 11.8. The van der Waals surface area contributed by atoms with Crippen LogP contribution in [-0.2, 0) is 4.79 Å². The monoisotopic (exact) mass is 274 g/mol. The molecule has 0 aromatic heterocycles. The Bertz CT molecular complexity index is 469. The van der Waals surface area contributed by atoms with Crippen molar-refractivity contribution in [2.24, 2.45) is 0 Å². The van der Waals surface area contributed by atoms with Crippen LogP contribution in [0.15, 0.2) is 24.3 Å². The zero-order valence-corrected chi connectivity index (χ0v) is 11.8. The van der Waals surface area contributed by atoms with E-state index in [4.69, 9.17) is 4.74 Å². The van der Waals surface area contributed by atoms with E-state index in [1.165, 1.54) is 19.3 Å². The Morgan fingerprint density at radius 1 is 1.25 bits per heavy atom. The molecule has 0 radical (unpaired) electrons. The van der Waals surface area contributed by atoms with Crippen molar-refractivity contribution in [2.75, 3.05) is 26.2 Å². The number of piperidine rings is 1. The Labute approximate surface area is 120 Å². The molecule has 1 amide bonds. The molecule has 4 nitrogen and oxygen atoms in total. The maximum atomic E-state index is 12.1. The number of para-hydroxylation sites is 1. The number of nitrogens with zero attached hydrogens (tertiary/aromatic N) is 1. The Morgan fingerprint density at radius 2 is 2.05 bits per heavy atom. The minimum Gasteiger partial charge on any atom is -0.491 e. The second-order valence-electron chi connectivity index (χ2n) is 5.62. The molecule has 2 heterocycles. The van der Waals surface area contributed by atoms with Gasteiger partial charge in [0.25, 0.3) is 0 Å². The summed E-state index contributed by atoms with van der Waals surface area (Å²) in [5.41, 5.74) is 1.10. The van der Waals surface area contributed by atoms with Crippen LogP contribution < -0.4 is 10.1 Å². The number of carbonyl (C=O) groups excluding carboxylic acids is 1. The number of carbonyl (C=O) groups is 1. The Balaban J connectivity index is 1.47. The lowest BCUT2D eigenvalue weighted by Gasteiger charge is -2.26. The highest BCUT2D eigenvalue weighted by molar-refractivity contribution is 5.77. The molecular formula is C16H22N2O2. The van der Waals surface area contributed by atoms with E-state index in [2.05, 4.69) is 10.2 Å². The molecule has 1 fully saturated rings. The molecule has 1 atom stereocenters. The number of hydrogen-bond acceptors (Lipinski definition) is 3.